The van der Waals surface area contributed by atoms with Gasteiger partial charge >= 0.3 is 0 Å². The number of nitrogens with one attached hydrogen (secondary N) is 2. The molecule has 2 rings (SSSR count). The van der Waals surface area contributed by atoms with E-state index in [9.17, 15) is 4.79 Å². The van der Waals surface area contributed by atoms with Gasteiger partial charge in [0, 0.05) is 48.6 Å². The first-order valence-electron chi connectivity index (χ1n) is 9.96. The molecule has 0 saturated carbocycles. The molecule has 5 nitrogen and oxygen atoms in total. The molecule has 1 heterocycles. The lowest BCUT2D eigenvalue weighted by atomic mass is 9.84. The molecule has 0 bridgehead atoms. The number of carbonyl (C=O) groups is 1. The van der Waals surface area contributed by atoms with E-state index in [1.54, 1.807) is 7.05 Å². The maximum atomic E-state index is 11.6. The predicted octanol–water partition coefficient (Wildman–Crippen LogP) is 4.70. The van der Waals surface area contributed by atoms with E-state index in [4.69, 9.17) is 28.2 Å². The van der Waals surface area contributed by atoms with Gasteiger partial charge in [-0.3, -0.25) is 9.79 Å². The summed E-state index contributed by atoms with van der Waals surface area (Å²) in [5.41, 5.74) is 0.649. The maximum Gasteiger partial charge on any atom is 0.220 e. The average Bonchev–Trinajstić information content (AvgIpc) is 2.65. The van der Waals surface area contributed by atoms with Crippen LogP contribution in [0.5, 0.6) is 0 Å². The minimum absolute atomic E-state index is 0. The SMILES string of the molecule is CCNC(=NCC(C)(C)c1c(Cl)cccc1Cl)N1CCC(CC(=O)NC)CC1.I. The molecular weight excluding hydrogens is 522 g/mol. The van der Waals surface area contributed by atoms with E-state index in [2.05, 4.69) is 36.3 Å². The van der Waals surface area contributed by atoms with Crippen LogP contribution < -0.4 is 10.6 Å². The summed E-state index contributed by atoms with van der Waals surface area (Å²) < 4.78 is 0. The van der Waals surface area contributed by atoms with Crippen LogP contribution in [0.3, 0.4) is 0 Å². The number of piperidine rings is 1. The number of benzene rings is 1. The van der Waals surface area contributed by atoms with Crippen LogP contribution in [0, 0.1) is 5.92 Å². The van der Waals surface area contributed by atoms with Gasteiger partial charge < -0.3 is 15.5 Å². The summed E-state index contributed by atoms with van der Waals surface area (Å²) in [5, 5.41) is 7.47. The number of carbonyl (C=O) groups excluding carboxylic acids is 1. The number of hydrogen-bond acceptors (Lipinski definition) is 2. The summed E-state index contributed by atoms with van der Waals surface area (Å²) in [6, 6.07) is 5.61. The molecule has 164 valence electrons. The van der Waals surface area contributed by atoms with Crippen molar-refractivity contribution in [1.29, 1.82) is 0 Å². The van der Waals surface area contributed by atoms with Crippen LogP contribution in [-0.4, -0.2) is 50.0 Å². The summed E-state index contributed by atoms with van der Waals surface area (Å²) >= 11 is 12.8. The van der Waals surface area contributed by atoms with Gasteiger partial charge in [-0.25, -0.2) is 0 Å². The van der Waals surface area contributed by atoms with Crippen molar-refractivity contribution in [3.8, 4) is 0 Å². The normalized spacial score (nSPS) is 15.7. The van der Waals surface area contributed by atoms with Crippen molar-refractivity contribution in [2.75, 3.05) is 33.2 Å². The van der Waals surface area contributed by atoms with E-state index in [0.717, 1.165) is 44.0 Å². The van der Waals surface area contributed by atoms with Gasteiger partial charge in [0.25, 0.3) is 0 Å². The average molecular weight is 555 g/mol. The van der Waals surface area contributed by atoms with Crippen molar-refractivity contribution >= 4 is 59.0 Å². The third-order valence-electron chi connectivity index (χ3n) is 5.27. The van der Waals surface area contributed by atoms with Gasteiger partial charge in [-0.15, -0.1) is 24.0 Å². The number of aliphatic imine (C=N–C) groups is 1. The monoisotopic (exact) mass is 554 g/mol. The number of guanidine groups is 1. The van der Waals surface area contributed by atoms with Gasteiger partial charge in [0.1, 0.15) is 0 Å². The second-order valence-electron chi connectivity index (χ2n) is 7.96. The quantitative estimate of drug-likeness (QED) is 0.304. The molecule has 0 atom stereocenters. The van der Waals surface area contributed by atoms with Crippen molar-refractivity contribution in [1.82, 2.24) is 15.5 Å². The number of nitrogens with zero attached hydrogens (tertiary/aromatic N) is 2. The number of hydrogen-bond donors (Lipinski definition) is 2. The Kier molecular flexibility index (Phi) is 11.1. The number of halogens is 3. The van der Waals surface area contributed by atoms with Crippen LogP contribution in [0.1, 0.15) is 45.6 Å². The number of amides is 1. The summed E-state index contributed by atoms with van der Waals surface area (Å²) in [7, 11) is 1.69. The Hall–Kier alpha value is -0.730. The van der Waals surface area contributed by atoms with Crippen molar-refractivity contribution in [2.45, 2.75) is 45.4 Å². The molecule has 1 aromatic carbocycles. The van der Waals surface area contributed by atoms with Crippen LogP contribution in [0.15, 0.2) is 23.2 Å². The number of likely N-dealkylation sites (tertiary alicyclic amines) is 1. The fourth-order valence-electron chi connectivity index (χ4n) is 3.63. The molecule has 2 N–H and O–H groups in total. The Labute approximate surface area is 202 Å². The Morgan fingerprint density at radius 1 is 1.24 bits per heavy atom. The van der Waals surface area contributed by atoms with Crippen molar-refractivity contribution in [3.05, 3.63) is 33.8 Å². The zero-order chi connectivity index (χ0) is 20.7. The molecule has 1 fully saturated rings. The first kappa shape index (κ1) is 26.3. The second-order valence-corrected chi connectivity index (χ2v) is 8.77. The highest BCUT2D eigenvalue weighted by molar-refractivity contribution is 14.0. The van der Waals surface area contributed by atoms with Crippen molar-refractivity contribution in [2.24, 2.45) is 10.9 Å². The van der Waals surface area contributed by atoms with Crippen molar-refractivity contribution in [3.63, 3.8) is 0 Å². The highest BCUT2D eigenvalue weighted by atomic mass is 127. The Morgan fingerprint density at radius 3 is 2.34 bits per heavy atom. The Morgan fingerprint density at radius 2 is 1.83 bits per heavy atom. The first-order valence-corrected chi connectivity index (χ1v) is 10.7. The molecule has 0 aromatic heterocycles. The van der Waals surface area contributed by atoms with Gasteiger partial charge in [-0.2, -0.15) is 0 Å². The lowest BCUT2D eigenvalue weighted by molar-refractivity contribution is -0.121. The molecule has 1 aromatic rings. The van der Waals surface area contributed by atoms with E-state index in [1.165, 1.54) is 0 Å². The van der Waals surface area contributed by atoms with Crippen LogP contribution in [-0.2, 0) is 10.2 Å². The molecule has 0 spiro atoms. The summed E-state index contributed by atoms with van der Waals surface area (Å²) in [6.07, 6.45) is 2.60. The van der Waals surface area contributed by atoms with Gasteiger partial charge in [0.15, 0.2) is 5.96 Å². The predicted molar refractivity (Wildman–Crippen MR) is 134 cm³/mol. The zero-order valence-corrected chi connectivity index (χ0v) is 21.6. The molecule has 0 radical (unpaired) electrons. The molecule has 8 heteroatoms. The summed E-state index contributed by atoms with van der Waals surface area (Å²) in [4.78, 5) is 18.8. The van der Waals surface area contributed by atoms with E-state index in [0.29, 0.717) is 28.9 Å². The zero-order valence-electron chi connectivity index (χ0n) is 17.7. The third-order valence-corrected chi connectivity index (χ3v) is 5.90. The fourth-order valence-corrected chi connectivity index (χ4v) is 4.54. The topological polar surface area (TPSA) is 56.7 Å². The minimum atomic E-state index is -0.284. The van der Waals surface area contributed by atoms with Gasteiger partial charge in [0.05, 0.1) is 6.54 Å². The highest BCUT2D eigenvalue weighted by Gasteiger charge is 2.27. The van der Waals surface area contributed by atoms with Crippen LogP contribution in [0.2, 0.25) is 10.0 Å². The Bertz CT molecular complexity index is 684. The van der Waals surface area contributed by atoms with Gasteiger partial charge in [-0.05, 0) is 43.4 Å². The lowest BCUT2D eigenvalue weighted by Crippen LogP contribution is -2.46. The highest BCUT2D eigenvalue weighted by Crippen LogP contribution is 2.36. The van der Waals surface area contributed by atoms with Gasteiger partial charge in [-0.1, -0.05) is 43.1 Å². The summed E-state index contributed by atoms with van der Waals surface area (Å²) in [5.74, 6) is 1.48. The molecule has 0 aliphatic carbocycles. The molecule has 1 aliphatic rings. The maximum absolute atomic E-state index is 11.6. The van der Waals surface area contributed by atoms with Crippen LogP contribution in [0.25, 0.3) is 0 Å². The Balaban J connectivity index is 0.00000420. The largest absolute Gasteiger partial charge is 0.359 e. The van der Waals surface area contributed by atoms with Crippen LogP contribution in [0.4, 0.5) is 0 Å². The molecule has 1 amide bonds. The second kappa shape index (κ2) is 12.2. The van der Waals surface area contributed by atoms with Gasteiger partial charge in [0.2, 0.25) is 5.91 Å². The van der Waals surface area contributed by atoms with Crippen LogP contribution >= 0.6 is 47.2 Å². The summed E-state index contributed by atoms with van der Waals surface area (Å²) in [6.45, 7) is 9.50. The lowest BCUT2D eigenvalue weighted by Gasteiger charge is -2.35. The minimum Gasteiger partial charge on any atom is -0.359 e. The molecule has 29 heavy (non-hydrogen) atoms. The standard InChI is InChI=1S/C21H32Cl2N4O.HI/c1-5-25-20(27-11-9-15(10-12-27)13-18(28)24-4)26-14-21(2,3)19-16(22)7-6-8-17(19)23;/h6-8,15H,5,9-14H2,1-4H3,(H,24,28)(H,25,26);1H. The fraction of sp³-hybridized carbons (Fsp3) is 0.619. The first-order chi connectivity index (χ1) is 13.3. The molecular formula is C21H33Cl2IN4O. The molecule has 1 saturated heterocycles. The third kappa shape index (κ3) is 7.47. The van der Waals surface area contributed by atoms with Crippen molar-refractivity contribution < 1.29 is 4.79 Å². The molecule has 0 unspecified atom stereocenters. The van der Waals surface area contributed by atoms with E-state index < -0.39 is 0 Å². The molecule has 1 aliphatic heterocycles. The van der Waals surface area contributed by atoms with E-state index in [-0.39, 0.29) is 35.3 Å². The number of rotatable bonds is 6. The smallest absolute Gasteiger partial charge is 0.220 e. The van der Waals surface area contributed by atoms with E-state index in [1.807, 2.05) is 18.2 Å². The van der Waals surface area contributed by atoms with E-state index >= 15 is 0 Å².